The van der Waals surface area contributed by atoms with E-state index in [1.165, 1.54) is 0 Å². The highest BCUT2D eigenvalue weighted by Gasteiger charge is 2.47. The molecule has 0 aromatic heterocycles. The van der Waals surface area contributed by atoms with Crippen molar-refractivity contribution in [1.82, 2.24) is 0 Å². The van der Waals surface area contributed by atoms with Crippen LogP contribution in [0.4, 0.5) is 8.78 Å². The van der Waals surface area contributed by atoms with Crippen molar-refractivity contribution in [3.05, 3.63) is 0 Å². The van der Waals surface area contributed by atoms with Crippen LogP contribution in [0.1, 0.15) is 38.5 Å². The summed E-state index contributed by atoms with van der Waals surface area (Å²) < 4.78 is 24.9. The quantitative estimate of drug-likeness (QED) is 0.709. The van der Waals surface area contributed by atoms with E-state index in [2.05, 4.69) is 0 Å². The molecule has 3 heteroatoms. The zero-order chi connectivity index (χ0) is 9.47. The molecule has 2 N–H and O–H groups in total. The van der Waals surface area contributed by atoms with Crippen LogP contribution in [0.5, 0.6) is 0 Å². The third kappa shape index (κ3) is 1.85. The Hall–Kier alpha value is -0.180. The van der Waals surface area contributed by atoms with Gasteiger partial charge >= 0.3 is 0 Å². The Morgan fingerprint density at radius 3 is 2.46 bits per heavy atom. The fraction of sp³-hybridized carbons (Fsp3) is 1.00. The van der Waals surface area contributed by atoms with Crippen LogP contribution in [0, 0.1) is 11.8 Å². The first-order valence-corrected chi connectivity index (χ1v) is 5.19. The van der Waals surface area contributed by atoms with Crippen LogP contribution in [-0.2, 0) is 0 Å². The van der Waals surface area contributed by atoms with Gasteiger partial charge in [0, 0.05) is 11.5 Å². The fourth-order valence-electron chi connectivity index (χ4n) is 2.53. The first kappa shape index (κ1) is 9.38. The van der Waals surface area contributed by atoms with Crippen LogP contribution < -0.4 is 5.73 Å². The largest absolute Gasteiger partial charge is 0.325 e. The molecule has 0 bridgehead atoms. The van der Waals surface area contributed by atoms with E-state index >= 15 is 0 Å². The van der Waals surface area contributed by atoms with Gasteiger partial charge in [0.15, 0.2) is 0 Å². The molecule has 2 aliphatic carbocycles. The van der Waals surface area contributed by atoms with Crippen molar-refractivity contribution in [1.29, 1.82) is 0 Å². The average Bonchev–Trinajstić information content (AvgIpc) is 2.85. The highest BCUT2D eigenvalue weighted by atomic mass is 19.3. The van der Waals surface area contributed by atoms with Gasteiger partial charge in [0.05, 0.1) is 0 Å². The van der Waals surface area contributed by atoms with Gasteiger partial charge in [0.25, 0.3) is 0 Å². The number of halogens is 2. The van der Waals surface area contributed by atoms with E-state index in [0.717, 1.165) is 25.7 Å². The number of nitrogens with two attached hydrogens (primary N) is 1. The van der Waals surface area contributed by atoms with E-state index in [-0.39, 0.29) is 11.5 Å². The monoisotopic (exact) mass is 189 g/mol. The predicted molar refractivity (Wildman–Crippen MR) is 47.6 cm³/mol. The normalized spacial score (nSPS) is 37.8. The summed E-state index contributed by atoms with van der Waals surface area (Å²) in [6, 6.07) is 0. The Balaban J connectivity index is 1.92. The maximum Gasteiger partial charge on any atom is 0.241 e. The Morgan fingerprint density at radius 1 is 1.23 bits per heavy atom. The summed E-state index contributed by atoms with van der Waals surface area (Å²) in [7, 11) is 0. The van der Waals surface area contributed by atoms with E-state index in [0.29, 0.717) is 18.8 Å². The van der Waals surface area contributed by atoms with Gasteiger partial charge in [-0.05, 0) is 38.0 Å². The number of hydrogen-bond donors (Lipinski definition) is 1. The second-order valence-electron chi connectivity index (χ2n) is 4.69. The maximum atomic E-state index is 12.5. The summed E-state index contributed by atoms with van der Waals surface area (Å²) in [6.07, 6.45) is 3.34. The van der Waals surface area contributed by atoms with Crippen molar-refractivity contribution in [2.75, 3.05) is 0 Å². The molecule has 13 heavy (non-hydrogen) atoms. The number of rotatable bonds is 2. The van der Waals surface area contributed by atoms with Crippen molar-refractivity contribution in [3.63, 3.8) is 0 Å². The van der Waals surface area contributed by atoms with Crippen LogP contribution in [-0.4, -0.2) is 12.0 Å². The van der Waals surface area contributed by atoms with Crippen molar-refractivity contribution < 1.29 is 8.78 Å². The zero-order valence-electron chi connectivity index (χ0n) is 7.81. The van der Waals surface area contributed by atoms with Crippen LogP contribution in [0.25, 0.3) is 0 Å². The Kier molecular flexibility index (Phi) is 2.30. The average molecular weight is 189 g/mol. The number of hydrogen-bond acceptors (Lipinski definition) is 1. The summed E-state index contributed by atoms with van der Waals surface area (Å²) >= 11 is 0. The molecule has 2 rings (SSSR count). The van der Waals surface area contributed by atoms with Crippen molar-refractivity contribution in [2.24, 2.45) is 17.6 Å². The first-order valence-electron chi connectivity index (χ1n) is 5.19. The van der Waals surface area contributed by atoms with Gasteiger partial charge in [-0.3, -0.25) is 0 Å². The Morgan fingerprint density at radius 2 is 1.92 bits per heavy atom. The van der Waals surface area contributed by atoms with E-state index in [1.807, 2.05) is 0 Å². The first-order chi connectivity index (χ1) is 6.12. The van der Waals surface area contributed by atoms with Gasteiger partial charge < -0.3 is 5.73 Å². The molecule has 0 aromatic carbocycles. The van der Waals surface area contributed by atoms with E-state index in [9.17, 15) is 8.78 Å². The maximum absolute atomic E-state index is 12.5. The van der Waals surface area contributed by atoms with Gasteiger partial charge in [-0.25, -0.2) is 8.78 Å². The van der Waals surface area contributed by atoms with Gasteiger partial charge in [0.1, 0.15) is 0 Å². The standard InChI is InChI=1S/C10H17F2N/c11-9(12)7-2-1-3-8(6-7)10(13)4-5-10/h7-9H,1-6,13H2. The Bertz CT molecular complexity index is 189. The molecule has 2 fully saturated rings. The third-order valence-corrected chi connectivity index (χ3v) is 3.71. The zero-order valence-corrected chi connectivity index (χ0v) is 7.81. The molecule has 0 aromatic rings. The molecular formula is C10H17F2N. The number of alkyl halides is 2. The second kappa shape index (κ2) is 3.19. The van der Waals surface area contributed by atoms with E-state index < -0.39 is 6.43 Å². The minimum Gasteiger partial charge on any atom is -0.325 e. The SMILES string of the molecule is NC1(C2CCCC(C(F)F)C2)CC1. The van der Waals surface area contributed by atoms with Gasteiger partial charge in [-0.2, -0.15) is 0 Å². The molecule has 0 heterocycles. The molecule has 0 saturated heterocycles. The molecule has 76 valence electrons. The van der Waals surface area contributed by atoms with Gasteiger partial charge in [0.2, 0.25) is 6.43 Å². The van der Waals surface area contributed by atoms with E-state index in [4.69, 9.17) is 5.73 Å². The van der Waals surface area contributed by atoms with Crippen molar-refractivity contribution >= 4 is 0 Å². The van der Waals surface area contributed by atoms with Crippen LogP contribution in [0.15, 0.2) is 0 Å². The van der Waals surface area contributed by atoms with Crippen molar-refractivity contribution in [2.45, 2.75) is 50.5 Å². The van der Waals surface area contributed by atoms with Crippen molar-refractivity contribution in [3.8, 4) is 0 Å². The minimum atomic E-state index is -2.13. The molecule has 2 saturated carbocycles. The smallest absolute Gasteiger partial charge is 0.241 e. The molecule has 0 amide bonds. The molecule has 0 aliphatic heterocycles. The molecule has 0 radical (unpaired) electrons. The molecule has 2 aliphatic rings. The summed E-state index contributed by atoms with van der Waals surface area (Å²) in [5.41, 5.74) is 5.99. The van der Waals surface area contributed by atoms with Gasteiger partial charge in [-0.1, -0.05) is 6.42 Å². The lowest BCUT2D eigenvalue weighted by Gasteiger charge is -2.32. The third-order valence-electron chi connectivity index (χ3n) is 3.71. The molecule has 1 nitrogen and oxygen atoms in total. The lowest BCUT2D eigenvalue weighted by Crippen LogP contribution is -2.37. The minimum absolute atomic E-state index is 0.0481. The van der Waals surface area contributed by atoms with Gasteiger partial charge in [-0.15, -0.1) is 0 Å². The Labute approximate surface area is 77.7 Å². The van der Waals surface area contributed by atoms with Crippen LogP contribution in [0.2, 0.25) is 0 Å². The molecule has 2 atom stereocenters. The summed E-state index contributed by atoms with van der Waals surface area (Å²) in [6.45, 7) is 0. The lowest BCUT2D eigenvalue weighted by molar-refractivity contribution is 0.0364. The summed E-state index contributed by atoms with van der Waals surface area (Å²) in [5.74, 6) is 0.0000231. The summed E-state index contributed by atoms with van der Waals surface area (Å²) in [4.78, 5) is 0. The highest BCUT2D eigenvalue weighted by molar-refractivity contribution is 5.05. The van der Waals surface area contributed by atoms with E-state index in [1.54, 1.807) is 0 Å². The topological polar surface area (TPSA) is 26.0 Å². The molecular weight excluding hydrogens is 172 g/mol. The highest BCUT2D eigenvalue weighted by Crippen LogP contribution is 2.48. The fourth-order valence-corrected chi connectivity index (χ4v) is 2.53. The van der Waals surface area contributed by atoms with Crippen LogP contribution >= 0.6 is 0 Å². The second-order valence-corrected chi connectivity index (χ2v) is 4.69. The summed E-state index contributed by atoms with van der Waals surface area (Å²) in [5, 5.41) is 0. The molecule has 0 spiro atoms. The molecule has 2 unspecified atom stereocenters. The predicted octanol–water partition coefficient (Wildman–Crippen LogP) is 2.55. The lowest BCUT2D eigenvalue weighted by atomic mass is 9.77. The van der Waals surface area contributed by atoms with Crippen LogP contribution in [0.3, 0.4) is 0 Å².